The van der Waals surface area contributed by atoms with Crippen molar-refractivity contribution < 1.29 is 24.5 Å². The van der Waals surface area contributed by atoms with Crippen LogP contribution in [0.4, 0.5) is 0 Å². The number of hydrogen-bond acceptors (Lipinski definition) is 5. The molecule has 3 N–H and O–H groups in total. The van der Waals surface area contributed by atoms with E-state index < -0.39 is 12.1 Å². The molecule has 0 aromatic carbocycles. The molecular weight excluding hydrogens is 971 g/mol. The third-order valence-electron chi connectivity index (χ3n) is 17.0. The lowest BCUT2D eigenvalue weighted by Crippen LogP contribution is -2.45. The Kier molecular flexibility index (Phi) is 67.4. The van der Waals surface area contributed by atoms with Crippen LogP contribution in [0.2, 0.25) is 0 Å². The second-order valence-corrected chi connectivity index (χ2v) is 24.9. The number of carbonyl (C=O) groups excluding carboxylic acids is 2. The quantitative estimate of drug-likeness (QED) is 0.0320. The van der Waals surface area contributed by atoms with Gasteiger partial charge in [-0.3, -0.25) is 9.59 Å². The Hall–Kier alpha value is -1.66. The first-order valence-electron chi connectivity index (χ1n) is 36.1. The number of ether oxygens (including phenoxy) is 1. The van der Waals surface area contributed by atoms with Crippen LogP contribution in [0.1, 0.15) is 406 Å². The molecule has 1 amide bonds. The summed E-state index contributed by atoms with van der Waals surface area (Å²) in [7, 11) is 0. The monoisotopic (exact) mass is 1110 g/mol. The molecule has 0 aromatic heterocycles. The highest BCUT2D eigenvalue weighted by atomic mass is 16.5. The lowest BCUT2D eigenvalue weighted by Gasteiger charge is -2.22. The van der Waals surface area contributed by atoms with Crippen LogP contribution in [0.3, 0.4) is 0 Å². The van der Waals surface area contributed by atoms with Gasteiger partial charge in [0.25, 0.3) is 0 Å². The Labute approximate surface area is 494 Å². The zero-order valence-electron chi connectivity index (χ0n) is 53.6. The first-order chi connectivity index (χ1) is 39.0. The Morgan fingerprint density at radius 2 is 0.633 bits per heavy atom. The summed E-state index contributed by atoms with van der Waals surface area (Å²) in [5, 5.41) is 23.2. The molecular formula is C73H141NO5. The molecule has 0 spiro atoms. The molecule has 2 unspecified atom stereocenters. The van der Waals surface area contributed by atoms with E-state index in [-0.39, 0.29) is 18.5 Å². The Morgan fingerprint density at radius 3 is 0.962 bits per heavy atom. The predicted octanol–water partition coefficient (Wildman–Crippen LogP) is 23.3. The Morgan fingerprint density at radius 1 is 0.354 bits per heavy atom. The molecule has 0 saturated heterocycles. The summed E-state index contributed by atoms with van der Waals surface area (Å²) in [6.07, 6.45) is 86.8. The minimum absolute atomic E-state index is 0.0209. The summed E-state index contributed by atoms with van der Waals surface area (Å²) in [6.45, 7) is 4.98. The second-order valence-electron chi connectivity index (χ2n) is 24.9. The first-order valence-corrected chi connectivity index (χ1v) is 36.1. The van der Waals surface area contributed by atoms with Crippen molar-refractivity contribution in [1.82, 2.24) is 5.32 Å². The van der Waals surface area contributed by atoms with Gasteiger partial charge in [0.1, 0.15) is 0 Å². The number of carbonyl (C=O) groups is 2. The number of rotatable bonds is 68. The van der Waals surface area contributed by atoms with E-state index in [4.69, 9.17) is 4.74 Å². The maximum absolute atomic E-state index is 12.5. The third-order valence-corrected chi connectivity index (χ3v) is 17.0. The smallest absolute Gasteiger partial charge is 0.305 e. The molecule has 468 valence electrons. The number of aliphatic hydroxyl groups excluding tert-OH is 2. The van der Waals surface area contributed by atoms with Gasteiger partial charge in [0.05, 0.1) is 25.4 Å². The van der Waals surface area contributed by atoms with Crippen molar-refractivity contribution in [2.24, 2.45) is 0 Å². The van der Waals surface area contributed by atoms with Crippen molar-refractivity contribution in [3.8, 4) is 0 Å². The van der Waals surface area contributed by atoms with Crippen molar-refractivity contribution >= 4 is 11.9 Å². The fourth-order valence-electron chi connectivity index (χ4n) is 11.5. The number of hydrogen-bond donors (Lipinski definition) is 3. The predicted molar refractivity (Wildman–Crippen MR) is 347 cm³/mol. The first kappa shape index (κ1) is 77.3. The molecule has 6 heteroatoms. The average molecular weight is 1110 g/mol. The summed E-state index contributed by atoms with van der Waals surface area (Å²) in [6, 6.07) is -0.538. The summed E-state index contributed by atoms with van der Waals surface area (Å²) in [5.41, 5.74) is 0. The molecule has 0 fully saturated rings. The number of esters is 1. The molecule has 0 aliphatic rings. The van der Waals surface area contributed by atoms with E-state index >= 15 is 0 Å². The second kappa shape index (κ2) is 68.8. The summed E-state index contributed by atoms with van der Waals surface area (Å²) in [4.78, 5) is 24.6. The van der Waals surface area contributed by atoms with Crippen LogP contribution < -0.4 is 5.32 Å². The molecule has 0 saturated carbocycles. The minimum atomic E-state index is -0.661. The number of amides is 1. The average Bonchev–Trinajstić information content (AvgIpc) is 3.45. The van der Waals surface area contributed by atoms with Crippen LogP contribution in [0, 0.1) is 0 Å². The molecule has 6 nitrogen and oxygen atoms in total. The third kappa shape index (κ3) is 65.4. The van der Waals surface area contributed by atoms with Gasteiger partial charge >= 0.3 is 5.97 Å². The van der Waals surface area contributed by atoms with Crippen LogP contribution in [0.15, 0.2) is 24.3 Å². The lowest BCUT2D eigenvalue weighted by molar-refractivity contribution is -0.143. The van der Waals surface area contributed by atoms with E-state index in [1.807, 2.05) is 0 Å². The van der Waals surface area contributed by atoms with Crippen molar-refractivity contribution in [1.29, 1.82) is 0 Å². The summed E-state index contributed by atoms with van der Waals surface area (Å²) in [5.74, 6) is -0.0108. The fourth-order valence-corrected chi connectivity index (χ4v) is 11.5. The highest BCUT2D eigenvalue weighted by molar-refractivity contribution is 5.76. The van der Waals surface area contributed by atoms with Gasteiger partial charge in [-0.1, -0.05) is 359 Å². The Bertz CT molecular complexity index is 1230. The summed E-state index contributed by atoms with van der Waals surface area (Å²) < 4.78 is 5.50. The number of unbranched alkanes of at least 4 members (excludes halogenated alkanes) is 53. The molecule has 0 heterocycles. The maximum atomic E-state index is 12.5. The fraction of sp³-hybridized carbons (Fsp3) is 0.918. The topological polar surface area (TPSA) is 95.9 Å². The molecule has 2 atom stereocenters. The molecule has 79 heavy (non-hydrogen) atoms. The van der Waals surface area contributed by atoms with Crippen molar-refractivity contribution in [3.63, 3.8) is 0 Å². The van der Waals surface area contributed by atoms with Crippen LogP contribution in [-0.2, 0) is 14.3 Å². The van der Waals surface area contributed by atoms with Gasteiger partial charge < -0.3 is 20.3 Å². The zero-order valence-corrected chi connectivity index (χ0v) is 53.6. The zero-order chi connectivity index (χ0) is 57.1. The molecule has 0 bridgehead atoms. The van der Waals surface area contributed by atoms with Crippen molar-refractivity contribution in [2.75, 3.05) is 13.2 Å². The minimum Gasteiger partial charge on any atom is -0.466 e. The van der Waals surface area contributed by atoms with E-state index in [2.05, 4.69) is 43.5 Å². The highest BCUT2D eigenvalue weighted by Gasteiger charge is 2.20. The summed E-state index contributed by atoms with van der Waals surface area (Å²) >= 11 is 0. The molecule has 0 aromatic rings. The van der Waals surface area contributed by atoms with Crippen LogP contribution >= 0.6 is 0 Å². The molecule has 0 radical (unpaired) electrons. The Balaban J connectivity index is 3.34. The lowest BCUT2D eigenvalue weighted by atomic mass is 10.0. The van der Waals surface area contributed by atoms with Gasteiger partial charge in [0, 0.05) is 12.8 Å². The number of nitrogens with one attached hydrogen (secondary N) is 1. The van der Waals surface area contributed by atoms with E-state index in [9.17, 15) is 19.8 Å². The van der Waals surface area contributed by atoms with Crippen molar-refractivity contribution in [3.05, 3.63) is 24.3 Å². The molecule has 0 aliphatic carbocycles. The van der Waals surface area contributed by atoms with E-state index in [1.54, 1.807) is 0 Å². The number of allylic oxidation sites excluding steroid dienone is 4. The maximum Gasteiger partial charge on any atom is 0.305 e. The van der Waals surface area contributed by atoms with E-state index in [0.29, 0.717) is 25.9 Å². The van der Waals surface area contributed by atoms with Gasteiger partial charge in [-0.05, 0) is 57.8 Å². The number of aliphatic hydroxyl groups is 2. The molecule has 0 rings (SSSR count). The van der Waals surface area contributed by atoms with Gasteiger partial charge in [0.15, 0.2) is 0 Å². The highest BCUT2D eigenvalue weighted by Crippen LogP contribution is 2.19. The van der Waals surface area contributed by atoms with Gasteiger partial charge in [-0.2, -0.15) is 0 Å². The standard InChI is InChI=1S/C73H141NO5/c1-3-5-7-9-11-13-15-16-17-40-43-47-51-55-59-63-67-73(78)79-68-64-60-56-52-48-44-41-38-36-34-32-30-28-26-24-22-20-18-19-21-23-25-27-29-31-33-35-37-39-42-46-50-54-58-62-66-72(77)74-70(69-75)71(76)65-61-57-53-49-45-14-12-10-8-6-4-2/h20,22,26,28,70-71,75-76H,3-19,21,23-25,27,29-69H2,1-2H3,(H,74,77)/b22-20-,28-26-. The van der Waals surface area contributed by atoms with Gasteiger partial charge in [-0.15, -0.1) is 0 Å². The molecule has 0 aliphatic heterocycles. The largest absolute Gasteiger partial charge is 0.466 e. The van der Waals surface area contributed by atoms with Crippen LogP contribution in [0.25, 0.3) is 0 Å². The van der Waals surface area contributed by atoms with E-state index in [0.717, 1.165) is 44.9 Å². The van der Waals surface area contributed by atoms with Crippen LogP contribution in [0.5, 0.6) is 0 Å². The van der Waals surface area contributed by atoms with Crippen molar-refractivity contribution in [2.45, 2.75) is 418 Å². The normalized spacial score (nSPS) is 12.6. The van der Waals surface area contributed by atoms with Gasteiger partial charge in [0.2, 0.25) is 5.91 Å². The van der Waals surface area contributed by atoms with Crippen LogP contribution in [-0.4, -0.2) is 47.4 Å². The SMILES string of the molecule is CCCCCCCCCCCCCCCCCCC(=O)OCCCCCCCCCCCCC/C=C\C/C=C\CCCCCCCCCCCCCCCCCCCC(=O)NC(CO)C(O)CCCCCCCCCCCCC. The van der Waals surface area contributed by atoms with Gasteiger partial charge in [-0.25, -0.2) is 0 Å². The van der Waals surface area contributed by atoms with E-state index in [1.165, 1.54) is 327 Å².